The van der Waals surface area contributed by atoms with Crippen LogP contribution < -0.4 is 10.6 Å². The topological polar surface area (TPSA) is 67.4 Å². The lowest BCUT2D eigenvalue weighted by Gasteiger charge is -2.21. The smallest absolute Gasteiger partial charge is 0.337 e. The van der Waals surface area contributed by atoms with Gasteiger partial charge in [-0.3, -0.25) is 0 Å². The number of ether oxygens (including phenoxy) is 1. The van der Waals surface area contributed by atoms with Crippen LogP contribution in [0.3, 0.4) is 0 Å². The molecule has 0 heterocycles. The number of nitrogens with one attached hydrogen (secondary N) is 2. The Bertz CT molecular complexity index is 508. The number of carbonyl (C=O) groups excluding carboxylic acids is 2. The summed E-state index contributed by atoms with van der Waals surface area (Å²) >= 11 is 0. The van der Waals surface area contributed by atoms with E-state index < -0.39 is 0 Å². The third kappa shape index (κ3) is 5.93. The summed E-state index contributed by atoms with van der Waals surface area (Å²) in [6.45, 7) is 1.18. The molecule has 1 aliphatic rings. The van der Waals surface area contributed by atoms with Gasteiger partial charge in [0.05, 0.1) is 12.7 Å². The van der Waals surface area contributed by atoms with Gasteiger partial charge in [0, 0.05) is 13.1 Å². The minimum absolute atomic E-state index is 0.141. The summed E-state index contributed by atoms with van der Waals surface area (Å²) < 4.78 is 4.65. The Kier molecular flexibility index (Phi) is 6.91. The van der Waals surface area contributed by atoms with E-state index in [0.29, 0.717) is 12.1 Å². The summed E-state index contributed by atoms with van der Waals surface area (Å²) in [6, 6.07) is 6.88. The monoisotopic (exact) mass is 318 g/mol. The number of urea groups is 1. The molecule has 0 aromatic heterocycles. The van der Waals surface area contributed by atoms with Gasteiger partial charge in [-0.05, 0) is 30.0 Å². The average Bonchev–Trinajstić information content (AvgIpc) is 2.60. The minimum Gasteiger partial charge on any atom is -0.465 e. The van der Waals surface area contributed by atoms with Crippen LogP contribution in [0.2, 0.25) is 0 Å². The lowest BCUT2D eigenvalue weighted by Crippen LogP contribution is -2.36. The highest BCUT2D eigenvalue weighted by atomic mass is 16.5. The zero-order valence-electron chi connectivity index (χ0n) is 13.8. The van der Waals surface area contributed by atoms with E-state index in [1.807, 2.05) is 12.1 Å². The molecular weight excluding hydrogens is 292 g/mol. The Balaban J connectivity index is 1.64. The average molecular weight is 318 g/mol. The molecular formula is C18H26N2O3. The van der Waals surface area contributed by atoms with Gasteiger partial charge in [-0.25, -0.2) is 9.59 Å². The maximum Gasteiger partial charge on any atom is 0.337 e. The molecule has 1 aliphatic carbocycles. The fourth-order valence-corrected chi connectivity index (χ4v) is 2.99. The van der Waals surface area contributed by atoms with Gasteiger partial charge in [0.1, 0.15) is 0 Å². The molecule has 0 bridgehead atoms. The predicted octanol–water partition coefficient (Wildman–Crippen LogP) is 3.24. The Morgan fingerprint density at radius 2 is 1.78 bits per heavy atom. The van der Waals surface area contributed by atoms with E-state index in [1.54, 1.807) is 12.1 Å². The summed E-state index contributed by atoms with van der Waals surface area (Å²) in [6.07, 6.45) is 7.70. The quantitative estimate of drug-likeness (QED) is 0.791. The minimum atomic E-state index is -0.357. The van der Waals surface area contributed by atoms with Crippen LogP contribution in [0.5, 0.6) is 0 Å². The standard InChI is InChI=1S/C18H26N2O3/c1-23-17(21)16-9-7-15(8-10-16)13-20-18(22)19-12-11-14-5-3-2-4-6-14/h7-10,14H,2-6,11-13H2,1H3,(H2,19,20,22). The second-order valence-electron chi connectivity index (χ2n) is 6.09. The Morgan fingerprint density at radius 1 is 1.09 bits per heavy atom. The van der Waals surface area contributed by atoms with Crippen molar-refractivity contribution in [1.82, 2.24) is 10.6 Å². The van der Waals surface area contributed by atoms with Crippen molar-refractivity contribution in [3.63, 3.8) is 0 Å². The van der Waals surface area contributed by atoms with Crippen LogP contribution >= 0.6 is 0 Å². The SMILES string of the molecule is COC(=O)c1ccc(CNC(=O)NCCC2CCCCC2)cc1. The van der Waals surface area contributed by atoms with Crippen LogP contribution in [0.1, 0.15) is 54.4 Å². The second-order valence-corrected chi connectivity index (χ2v) is 6.09. The molecule has 2 rings (SSSR count). The number of hydrogen-bond acceptors (Lipinski definition) is 3. The van der Waals surface area contributed by atoms with Crippen molar-refractivity contribution in [3.05, 3.63) is 35.4 Å². The Morgan fingerprint density at radius 3 is 2.43 bits per heavy atom. The summed E-state index contributed by atoms with van der Waals surface area (Å²) in [5, 5.41) is 5.75. The molecule has 1 aromatic carbocycles. The van der Waals surface area contributed by atoms with Gasteiger partial charge in [-0.2, -0.15) is 0 Å². The molecule has 0 radical (unpaired) electrons. The van der Waals surface area contributed by atoms with E-state index >= 15 is 0 Å². The van der Waals surface area contributed by atoms with Crippen molar-refractivity contribution in [2.75, 3.05) is 13.7 Å². The first-order chi connectivity index (χ1) is 11.2. The van der Waals surface area contributed by atoms with E-state index in [2.05, 4.69) is 15.4 Å². The molecule has 2 N–H and O–H groups in total. The van der Waals surface area contributed by atoms with Gasteiger partial charge in [0.15, 0.2) is 0 Å². The molecule has 0 unspecified atom stereocenters. The maximum absolute atomic E-state index is 11.8. The first-order valence-electron chi connectivity index (χ1n) is 8.38. The molecule has 0 atom stereocenters. The first kappa shape index (κ1) is 17.3. The van der Waals surface area contributed by atoms with Crippen molar-refractivity contribution in [2.24, 2.45) is 5.92 Å². The molecule has 23 heavy (non-hydrogen) atoms. The fraction of sp³-hybridized carbons (Fsp3) is 0.556. The number of carbonyl (C=O) groups is 2. The third-order valence-electron chi connectivity index (χ3n) is 4.39. The molecule has 0 spiro atoms. The van der Waals surface area contributed by atoms with Crippen molar-refractivity contribution in [3.8, 4) is 0 Å². The first-order valence-corrected chi connectivity index (χ1v) is 8.38. The molecule has 1 fully saturated rings. The predicted molar refractivity (Wildman–Crippen MR) is 89.2 cm³/mol. The second kappa shape index (κ2) is 9.18. The van der Waals surface area contributed by atoms with E-state index in [4.69, 9.17) is 0 Å². The normalized spacial score (nSPS) is 15.0. The van der Waals surface area contributed by atoms with Crippen LogP contribution in [0.15, 0.2) is 24.3 Å². The molecule has 1 saturated carbocycles. The number of rotatable bonds is 6. The van der Waals surface area contributed by atoms with Crippen LogP contribution in [0.25, 0.3) is 0 Å². The number of methoxy groups -OCH3 is 1. The molecule has 2 amide bonds. The van der Waals surface area contributed by atoms with Gasteiger partial charge in [0.25, 0.3) is 0 Å². The number of amides is 2. The molecule has 1 aromatic rings. The van der Waals surface area contributed by atoms with Crippen LogP contribution in [0.4, 0.5) is 4.79 Å². The molecule has 0 saturated heterocycles. The highest BCUT2D eigenvalue weighted by Crippen LogP contribution is 2.25. The van der Waals surface area contributed by atoms with E-state index in [0.717, 1.165) is 24.4 Å². The van der Waals surface area contributed by atoms with E-state index in [9.17, 15) is 9.59 Å². The van der Waals surface area contributed by atoms with Crippen molar-refractivity contribution in [2.45, 2.75) is 45.1 Å². The number of esters is 1. The summed E-state index contributed by atoms with van der Waals surface area (Å²) in [4.78, 5) is 23.1. The lowest BCUT2D eigenvalue weighted by atomic mass is 9.87. The highest BCUT2D eigenvalue weighted by molar-refractivity contribution is 5.89. The van der Waals surface area contributed by atoms with Gasteiger partial charge in [-0.15, -0.1) is 0 Å². The van der Waals surface area contributed by atoms with Gasteiger partial charge >= 0.3 is 12.0 Å². The third-order valence-corrected chi connectivity index (χ3v) is 4.39. The van der Waals surface area contributed by atoms with Crippen LogP contribution in [0, 0.1) is 5.92 Å². The maximum atomic E-state index is 11.8. The van der Waals surface area contributed by atoms with Gasteiger partial charge < -0.3 is 15.4 Å². The fourth-order valence-electron chi connectivity index (χ4n) is 2.99. The van der Waals surface area contributed by atoms with Crippen molar-refractivity contribution < 1.29 is 14.3 Å². The number of hydrogen-bond donors (Lipinski definition) is 2. The van der Waals surface area contributed by atoms with E-state index in [1.165, 1.54) is 39.2 Å². The van der Waals surface area contributed by atoms with E-state index in [-0.39, 0.29) is 12.0 Å². The number of benzene rings is 1. The summed E-state index contributed by atoms with van der Waals surface area (Å²) in [5.74, 6) is 0.417. The zero-order chi connectivity index (χ0) is 16.5. The molecule has 126 valence electrons. The molecule has 5 heteroatoms. The summed E-state index contributed by atoms with van der Waals surface area (Å²) in [5.41, 5.74) is 1.45. The zero-order valence-corrected chi connectivity index (χ0v) is 13.8. The van der Waals surface area contributed by atoms with Crippen LogP contribution in [-0.2, 0) is 11.3 Å². The van der Waals surface area contributed by atoms with Gasteiger partial charge in [0.2, 0.25) is 0 Å². The molecule has 5 nitrogen and oxygen atoms in total. The highest BCUT2D eigenvalue weighted by Gasteiger charge is 2.13. The molecule has 0 aliphatic heterocycles. The Hall–Kier alpha value is -2.04. The largest absolute Gasteiger partial charge is 0.465 e. The summed E-state index contributed by atoms with van der Waals surface area (Å²) in [7, 11) is 1.36. The van der Waals surface area contributed by atoms with Crippen LogP contribution in [-0.4, -0.2) is 25.7 Å². The Labute approximate surface area is 137 Å². The van der Waals surface area contributed by atoms with Crippen molar-refractivity contribution in [1.29, 1.82) is 0 Å². The van der Waals surface area contributed by atoms with Crippen molar-refractivity contribution >= 4 is 12.0 Å². The lowest BCUT2D eigenvalue weighted by molar-refractivity contribution is 0.0600. The van der Waals surface area contributed by atoms with Gasteiger partial charge in [-0.1, -0.05) is 44.2 Å².